The van der Waals surface area contributed by atoms with Gasteiger partial charge in [0.1, 0.15) is 0 Å². The Bertz CT molecular complexity index is 229. The molecule has 0 atom stereocenters. The first-order chi connectivity index (χ1) is 7.43. The molecule has 5 heteroatoms. The quantitative estimate of drug-likeness (QED) is 0.649. The highest BCUT2D eigenvalue weighted by atomic mass is 32.1. The first-order valence-corrected chi connectivity index (χ1v) is 5.96. The number of thiazole rings is 1. The zero-order valence-corrected chi connectivity index (χ0v) is 9.89. The van der Waals surface area contributed by atoms with Gasteiger partial charge in [0.2, 0.25) is 0 Å². The number of hydrogen-bond acceptors (Lipinski definition) is 5. The molecule has 0 aliphatic heterocycles. The summed E-state index contributed by atoms with van der Waals surface area (Å²) in [6.07, 6.45) is 2.93. The molecule has 1 N–H and O–H groups in total. The molecule has 1 rings (SSSR count). The lowest BCUT2D eigenvalue weighted by Crippen LogP contribution is -2.16. The minimum atomic E-state index is 0.675. The summed E-state index contributed by atoms with van der Waals surface area (Å²) in [6.45, 7) is 4.03. The second-order valence-electron chi connectivity index (χ2n) is 3.10. The maximum Gasteiger partial charge on any atom is 0.0794 e. The van der Waals surface area contributed by atoms with E-state index in [1.165, 1.54) is 4.88 Å². The molecule has 1 aromatic rings. The lowest BCUT2D eigenvalue weighted by atomic mass is 10.4. The van der Waals surface area contributed by atoms with Crippen molar-refractivity contribution in [3.63, 3.8) is 0 Å². The fourth-order valence-corrected chi connectivity index (χ4v) is 1.65. The van der Waals surface area contributed by atoms with Crippen LogP contribution in [0.2, 0.25) is 0 Å². The average Bonchev–Trinajstić information content (AvgIpc) is 2.75. The Morgan fingerprint density at radius 2 is 2.33 bits per heavy atom. The van der Waals surface area contributed by atoms with Crippen LogP contribution in [0.15, 0.2) is 11.7 Å². The summed E-state index contributed by atoms with van der Waals surface area (Å²) in [5.41, 5.74) is 1.85. The van der Waals surface area contributed by atoms with Crippen LogP contribution in [0, 0.1) is 0 Å². The van der Waals surface area contributed by atoms with Gasteiger partial charge < -0.3 is 14.8 Å². The highest BCUT2D eigenvalue weighted by molar-refractivity contribution is 7.09. The van der Waals surface area contributed by atoms with Crippen molar-refractivity contribution in [1.82, 2.24) is 10.3 Å². The summed E-state index contributed by atoms with van der Waals surface area (Å²) < 4.78 is 10.2. The number of aromatic nitrogens is 1. The third kappa shape index (κ3) is 6.57. The SMILES string of the molecule is COCCOCCCNCc1cncs1. The zero-order valence-electron chi connectivity index (χ0n) is 9.07. The number of nitrogens with one attached hydrogen (secondary N) is 1. The van der Waals surface area contributed by atoms with E-state index in [0.717, 1.165) is 26.1 Å². The third-order valence-corrected chi connectivity index (χ3v) is 2.64. The number of nitrogens with zero attached hydrogens (tertiary/aromatic N) is 1. The van der Waals surface area contributed by atoms with Gasteiger partial charge in [0.15, 0.2) is 0 Å². The summed E-state index contributed by atoms with van der Waals surface area (Å²) in [7, 11) is 1.68. The van der Waals surface area contributed by atoms with Gasteiger partial charge in [-0.05, 0) is 13.0 Å². The average molecular weight is 230 g/mol. The van der Waals surface area contributed by atoms with Crippen molar-refractivity contribution in [3.05, 3.63) is 16.6 Å². The molecule has 0 fully saturated rings. The van der Waals surface area contributed by atoms with E-state index in [0.29, 0.717) is 13.2 Å². The highest BCUT2D eigenvalue weighted by Crippen LogP contribution is 2.03. The Labute approximate surface area is 94.6 Å². The molecule has 0 spiro atoms. The zero-order chi connectivity index (χ0) is 10.8. The van der Waals surface area contributed by atoms with E-state index in [-0.39, 0.29) is 0 Å². The maximum absolute atomic E-state index is 5.34. The van der Waals surface area contributed by atoms with Crippen LogP contribution in [0.5, 0.6) is 0 Å². The first kappa shape index (κ1) is 12.6. The van der Waals surface area contributed by atoms with Gasteiger partial charge >= 0.3 is 0 Å². The Morgan fingerprint density at radius 3 is 3.07 bits per heavy atom. The van der Waals surface area contributed by atoms with Gasteiger partial charge in [-0.25, -0.2) is 0 Å². The third-order valence-electron chi connectivity index (χ3n) is 1.86. The normalized spacial score (nSPS) is 10.7. The molecular weight excluding hydrogens is 212 g/mol. The van der Waals surface area contributed by atoms with Gasteiger partial charge in [0, 0.05) is 31.3 Å². The van der Waals surface area contributed by atoms with Crippen molar-refractivity contribution in [2.75, 3.05) is 33.5 Å². The summed E-state index contributed by atoms with van der Waals surface area (Å²) in [5, 5.41) is 3.34. The topological polar surface area (TPSA) is 43.4 Å². The van der Waals surface area contributed by atoms with E-state index in [1.54, 1.807) is 18.4 Å². The van der Waals surface area contributed by atoms with E-state index in [9.17, 15) is 0 Å². The molecule has 0 aliphatic rings. The second-order valence-corrected chi connectivity index (χ2v) is 4.07. The second kappa shape index (κ2) is 8.79. The lowest BCUT2D eigenvalue weighted by Gasteiger charge is -2.04. The van der Waals surface area contributed by atoms with Crippen LogP contribution in [0.1, 0.15) is 11.3 Å². The molecule has 0 saturated carbocycles. The standard InChI is InChI=1S/C10H18N2O2S/c1-13-5-6-14-4-2-3-11-7-10-8-12-9-15-10/h8-9,11H,2-7H2,1H3. The predicted molar refractivity (Wildman–Crippen MR) is 61.1 cm³/mol. The molecule has 0 amide bonds. The fraction of sp³-hybridized carbons (Fsp3) is 0.700. The smallest absolute Gasteiger partial charge is 0.0794 e. The van der Waals surface area contributed by atoms with Crippen LogP contribution in [0.3, 0.4) is 0 Å². The number of hydrogen-bond donors (Lipinski definition) is 1. The monoisotopic (exact) mass is 230 g/mol. The van der Waals surface area contributed by atoms with Crippen LogP contribution >= 0.6 is 11.3 Å². The Kier molecular flexibility index (Phi) is 7.37. The fourth-order valence-electron chi connectivity index (χ4n) is 1.08. The molecular formula is C10H18N2O2S. The van der Waals surface area contributed by atoms with Crippen LogP contribution in [0.25, 0.3) is 0 Å². The van der Waals surface area contributed by atoms with E-state index in [4.69, 9.17) is 9.47 Å². The van der Waals surface area contributed by atoms with Gasteiger partial charge in [-0.3, -0.25) is 4.98 Å². The largest absolute Gasteiger partial charge is 0.382 e. The predicted octanol–water partition coefficient (Wildman–Crippen LogP) is 1.29. The van der Waals surface area contributed by atoms with Gasteiger partial charge in [0.05, 0.1) is 18.7 Å². The highest BCUT2D eigenvalue weighted by Gasteiger charge is 1.93. The maximum atomic E-state index is 5.34. The molecule has 86 valence electrons. The molecule has 0 aromatic carbocycles. The molecule has 0 radical (unpaired) electrons. The van der Waals surface area contributed by atoms with Crippen molar-refractivity contribution >= 4 is 11.3 Å². The van der Waals surface area contributed by atoms with Gasteiger partial charge in [-0.15, -0.1) is 11.3 Å². The van der Waals surface area contributed by atoms with E-state index in [2.05, 4.69) is 10.3 Å². The molecule has 1 aromatic heterocycles. The number of rotatable bonds is 9. The van der Waals surface area contributed by atoms with Crippen molar-refractivity contribution in [3.8, 4) is 0 Å². The van der Waals surface area contributed by atoms with Crippen molar-refractivity contribution in [2.24, 2.45) is 0 Å². The summed E-state index contributed by atoms with van der Waals surface area (Å²) in [5.74, 6) is 0. The van der Waals surface area contributed by atoms with E-state index in [1.807, 2.05) is 11.7 Å². The van der Waals surface area contributed by atoms with Gasteiger partial charge in [-0.1, -0.05) is 0 Å². The minimum Gasteiger partial charge on any atom is -0.382 e. The van der Waals surface area contributed by atoms with Gasteiger partial charge in [0.25, 0.3) is 0 Å². The molecule has 0 aliphatic carbocycles. The van der Waals surface area contributed by atoms with Crippen LogP contribution < -0.4 is 5.32 Å². The Balaban J connectivity index is 1.81. The van der Waals surface area contributed by atoms with E-state index < -0.39 is 0 Å². The number of ether oxygens (including phenoxy) is 2. The van der Waals surface area contributed by atoms with E-state index >= 15 is 0 Å². The summed E-state index contributed by atoms with van der Waals surface area (Å²) in [6, 6.07) is 0. The van der Waals surface area contributed by atoms with Crippen molar-refractivity contribution in [2.45, 2.75) is 13.0 Å². The number of methoxy groups -OCH3 is 1. The molecule has 4 nitrogen and oxygen atoms in total. The molecule has 0 bridgehead atoms. The first-order valence-electron chi connectivity index (χ1n) is 5.08. The summed E-state index contributed by atoms with van der Waals surface area (Å²) >= 11 is 1.68. The van der Waals surface area contributed by atoms with Gasteiger partial charge in [-0.2, -0.15) is 0 Å². The molecule has 0 saturated heterocycles. The minimum absolute atomic E-state index is 0.675. The summed E-state index contributed by atoms with van der Waals surface area (Å²) in [4.78, 5) is 5.28. The molecule has 15 heavy (non-hydrogen) atoms. The molecule has 1 heterocycles. The van der Waals surface area contributed by atoms with Crippen molar-refractivity contribution < 1.29 is 9.47 Å². The molecule has 0 unspecified atom stereocenters. The Morgan fingerprint density at radius 1 is 1.40 bits per heavy atom. The van der Waals surface area contributed by atoms with Crippen LogP contribution in [-0.4, -0.2) is 38.5 Å². The lowest BCUT2D eigenvalue weighted by molar-refractivity contribution is 0.0695. The van der Waals surface area contributed by atoms with Crippen LogP contribution in [-0.2, 0) is 16.0 Å². The van der Waals surface area contributed by atoms with Crippen LogP contribution in [0.4, 0.5) is 0 Å². The Hall–Kier alpha value is -0.490. The van der Waals surface area contributed by atoms with Crippen molar-refractivity contribution in [1.29, 1.82) is 0 Å².